The van der Waals surface area contributed by atoms with E-state index < -0.39 is 0 Å². The molecule has 0 saturated heterocycles. The first-order chi connectivity index (χ1) is 15.4. The van der Waals surface area contributed by atoms with Crippen LogP contribution in [-0.2, 0) is 13.1 Å². The first kappa shape index (κ1) is 19.2. The molecule has 31 heavy (non-hydrogen) atoms. The van der Waals surface area contributed by atoms with Crippen molar-refractivity contribution in [2.75, 3.05) is 0 Å². The molecular weight excluding hydrogens is 380 g/mol. The molecule has 0 saturated carbocycles. The second kappa shape index (κ2) is 8.94. The van der Waals surface area contributed by atoms with Crippen molar-refractivity contribution < 1.29 is 0 Å². The molecule has 5 aromatic rings. The van der Waals surface area contributed by atoms with Gasteiger partial charge in [-0.1, -0.05) is 103 Å². The Labute approximate surface area is 182 Å². The third-order valence-corrected chi connectivity index (χ3v) is 5.42. The van der Waals surface area contributed by atoms with E-state index in [0.29, 0.717) is 0 Å². The lowest BCUT2D eigenvalue weighted by molar-refractivity contribution is 0.130. The summed E-state index contributed by atoms with van der Waals surface area (Å²) in [4.78, 5) is 4.30. The molecule has 0 aliphatic heterocycles. The first-order valence-corrected chi connectivity index (χ1v) is 10.6. The molecule has 0 amide bonds. The van der Waals surface area contributed by atoms with Crippen molar-refractivity contribution in [1.82, 2.24) is 19.9 Å². The fourth-order valence-corrected chi connectivity index (χ4v) is 3.97. The Kier molecular flexibility index (Phi) is 5.54. The summed E-state index contributed by atoms with van der Waals surface area (Å²) < 4.78 is 0. The molecule has 0 radical (unpaired) electrons. The summed E-state index contributed by atoms with van der Waals surface area (Å²) in [6.07, 6.45) is -0.131. The van der Waals surface area contributed by atoms with Gasteiger partial charge in [-0.3, -0.25) is 4.90 Å². The number of aromatic nitrogens is 3. The molecule has 4 aromatic carbocycles. The zero-order chi connectivity index (χ0) is 20.9. The Hall–Kier alpha value is -3.76. The van der Waals surface area contributed by atoms with E-state index in [9.17, 15) is 0 Å². The van der Waals surface area contributed by atoms with Crippen molar-refractivity contribution >= 4 is 11.0 Å². The number of fused-ring (bicyclic) bond motifs is 1. The summed E-state index contributed by atoms with van der Waals surface area (Å²) >= 11 is 0. The summed E-state index contributed by atoms with van der Waals surface area (Å²) in [6.45, 7) is 1.57. The summed E-state index contributed by atoms with van der Waals surface area (Å²) in [5.41, 5.74) is 5.49. The SMILES string of the molecule is c1ccc(CN(Cc2ccccc2)C(c2ccccc2)n2nc3ccccc3n2)cc1. The molecule has 0 N–H and O–H groups in total. The maximum atomic E-state index is 4.86. The Balaban J connectivity index is 1.61. The average Bonchev–Trinajstić information content (AvgIpc) is 3.25. The Morgan fingerprint density at radius 2 is 0.968 bits per heavy atom. The average molecular weight is 405 g/mol. The van der Waals surface area contributed by atoms with Gasteiger partial charge in [-0.25, -0.2) is 0 Å². The van der Waals surface area contributed by atoms with Crippen molar-refractivity contribution in [3.8, 4) is 0 Å². The second-order valence-corrected chi connectivity index (χ2v) is 7.67. The van der Waals surface area contributed by atoms with Crippen LogP contribution >= 0.6 is 0 Å². The molecule has 1 unspecified atom stereocenters. The van der Waals surface area contributed by atoms with Gasteiger partial charge >= 0.3 is 0 Å². The van der Waals surface area contributed by atoms with Crippen LogP contribution in [0, 0.1) is 0 Å². The van der Waals surface area contributed by atoms with Crippen molar-refractivity contribution in [3.63, 3.8) is 0 Å². The van der Waals surface area contributed by atoms with Gasteiger partial charge in [0.1, 0.15) is 17.2 Å². The molecule has 1 heterocycles. The van der Waals surface area contributed by atoms with E-state index in [1.165, 1.54) is 11.1 Å². The van der Waals surface area contributed by atoms with E-state index in [1.54, 1.807) is 0 Å². The highest BCUT2D eigenvalue weighted by atomic mass is 15.5. The third kappa shape index (κ3) is 4.39. The maximum Gasteiger partial charge on any atom is 0.150 e. The van der Waals surface area contributed by atoms with E-state index in [1.807, 2.05) is 35.1 Å². The largest absolute Gasteiger partial charge is 0.268 e. The highest BCUT2D eigenvalue weighted by Crippen LogP contribution is 2.27. The molecule has 0 fully saturated rings. The van der Waals surface area contributed by atoms with E-state index in [4.69, 9.17) is 10.2 Å². The van der Waals surface area contributed by atoms with Gasteiger partial charge in [-0.15, -0.1) is 0 Å². The number of rotatable bonds is 7. The lowest BCUT2D eigenvalue weighted by atomic mass is 10.1. The monoisotopic (exact) mass is 404 g/mol. The minimum absolute atomic E-state index is 0.131. The fraction of sp³-hybridized carbons (Fsp3) is 0.111. The zero-order valence-corrected chi connectivity index (χ0v) is 17.3. The smallest absolute Gasteiger partial charge is 0.150 e. The lowest BCUT2D eigenvalue weighted by Gasteiger charge is -2.31. The predicted molar refractivity (Wildman–Crippen MR) is 124 cm³/mol. The molecule has 0 aliphatic carbocycles. The van der Waals surface area contributed by atoms with Gasteiger partial charge in [0.2, 0.25) is 0 Å². The molecule has 0 aliphatic rings. The van der Waals surface area contributed by atoms with Crippen LogP contribution in [0.15, 0.2) is 115 Å². The third-order valence-electron chi connectivity index (χ3n) is 5.42. The molecule has 1 atom stereocenters. The minimum Gasteiger partial charge on any atom is -0.268 e. The molecule has 4 heteroatoms. The fourth-order valence-electron chi connectivity index (χ4n) is 3.97. The summed E-state index contributed by atoms with van der Waals surface area (Å²) in [5.74, 6) is 0. The number of hydrogen-bond donors (Lipinski definition) is 0. The van der Waals surface area contributed by atoms with Crippen LogP contribution in [0.2, 0.25) is 0 Å². The number of hydrogen-bond acceptors (Lipinski definition) is 3. The van der Waals surface area contributed by atoms with Crippen LogP contribution in [0.3, 0.4) is 0 Å². The van der Waals surface area contributed by atoms with E-state index in [0.717, 1.165) is 29.7 Å². The van der Waals surface area contributed by atoms with E-state index in [-0.39, 0.29) is 6.17 Å². The molecule has 4 nitrogen and oxygen atoms in total. The second-order valence-electron chi connectivity index (χ2n) is 7.67. The zero-order valence-electron chi connectivity index (χ0n) is 17.3. The quantitative estimate of drug-likeness (QED) is 0.350. The highest BCUT2D eigenvalue weighted by molar-refractivity contribution is 5.73. The number of nitrogens with zero attached hydrogens (tertiary/aromatic N) is 4. The van der Waals surface area contributed by atoms with E-state index >= 15 is 0 Å². The van der Waals surface area contributed by atoms with Gasteiger partial charge in [0.05, 0.1) is 0 Å². The van der Waals surface area contributed by atoms with Gasteiger partial charge < -0.3 is 0 Å². The van der Waals surface area contributed by atoms with Gasteiger partial charge in [-0.05, 0) is 28.8 Å². The predicted octanol–water partition coefficient (Wildman–Crippen LogP) is 5.68. The normalized spacial score (nSPS) is 12.3. The summed E-state index contributed by atoms with van der Waals surface area (Å²) in [6, 6.07) is 39.7. The molecule has 152 valence electrons. The highest BCUT2D eigenvalue weighted by Gasteiger charge is 2.25. The standard InChI is InChI=1S/C27H24N4/c1-4-12-22(13-5-1)20-30(21-23-14-6-2-7-15-23)27(24-16-8-3-9-17-24)31-28-25-18-10-11-19-26(25)29-31/h1-19,27H,20-21H2. The van der Waals surface area contributed by atoms with Crippen molar-refractivity contribution in [2.45, 2.75) is 19.3 Å². The van der Waals surface area contributed by atoms with Crippen LogP contribution in [-0.4, -0.2) is 19.9 Å². The van der Waals surface area contributed by atoms with Crippen LogP contribution in [0.25, 0.3) is 11.0 Å². The Morgan fingerprint density at radius 1 is 0.548 bits per heavy atom. The van der Waals surface area contributed by atoms with Gasteiger partial charge in [0.25, 0.3) is 0 Å². The topological polar surface area (TPSA) is 34.0 Å². The van der Waals surface area contributed by atoms with Crippen LogP contribution in [0.4, 0.5) is 0 Å². The molecule has 0 spiro atoms. The van der Waals surface area contributed by atoms with Gasteiger partial charge in [0.15, 0.2) is 0 Å². The first-order valence-electron chi connectivity index (χ1n) is 10.6. The summed E-state index contributed by atoms with van der Waals surface area (Å²) in [7, 11) is 0. The summed E-state index contributed by atoms with van der Waals surface area (Å²) in [5, 5.41) is 9.71. The lowest BCUT2D eigenvalue weighted by Crippen LogP contribution is -2.34. The van der Waals surface area contributed by atoms with Gasteiger partial charge in [0, 0.05) is 13.1 Å². The Bertz CT molecular complexity index is 1160. The van der Waals surface area contributed by atoms with Crippen LogP contribution < -0.4 is 0 Å². The maximum absolute atomic E-state index is 4.86. The molecular formula is C27H24N4. The van der Waals surface area contributed by atoms with Crippen molar-refractivity contribution in [3.05, 3.63) is 132 Å². The minimum atomic E-state index is -0.131. The van der Waals surface area contributed by atoms with Gasteiger partial charge in [-0.2, -0.15) is 15.0 Å². The molecule has 1 aromatic heterocycles. The van der Waals surface area contributed by atoms with Crippen LogP contribution in [0.1, 0.15) is 22.9 Å². The van der Waals surface area contributed by atoms with Crippen molar-refractivity contribution in [1.29, 1.82) is 0 Å². The Morgan fingerprint density at radius 3 is 1.45 bits per heavy atom. The van der Waals surface area contributed by atoms with Crippen molar-refractivity contribution in [2.24, 2.45) is 0 Å². The van der Waals surface area contributed by atoms with E-state index in [2.05, 4.69) is 89.8 Å². The molecule has 5 rings (SSSR count). The number of benzene rings is 4. The van der Waals surface area contributed by atoms with Crippen LogP contribution in [0.5, 0.6) is 0 Å². The molecule has 0 bridgehead atoms.